The van der Waals surface area contributed by atoms with Crippen LogP contribution in [0.15, 0.2) is 5.38 Å². The third kappa shape index (κ3) is 3.34. The molecule has 1 aliphatic rings. The SMILES string of the molecule is CCC(C)(C(N)Cc1nc(C)cs1)N1CCOCC1. The molecule has 19 heavy (non-hydrogen) atoms. The summed E-state index contributed by atoms with van der Waals surface area (Å²) in [4.78, 5) is 7.03. The molecule has 2 heterocycles. The van der Waals surface area contributed by atoms with Gasteiger partial charge in [0.05, 0.1) is 18.2 Å². The molecule has 1 aromatic rings. The van der Waals surface area contributed by atoms with Crippen LogP contribution in [0.2, 0.25) is 0 Å². The average molecular weight is 283 g/mol. The molecule has 5 heteroatoms. The number of ether oxygens (including phenoxy) is 1. The molecule has 2 N–H and O–H groups in total. The quantitative estimate of drug-likeness (QED) is 0.895. The van der Waals surface area contributed by atoms with Gasteiger partial charge in [0, 0.05) is 42.2 Å². The molecule has 4 nitrogen and oxygen atoms in total. The summed E-state index contributed by atoms with van der Waals surface area (Å²) in [5.74, 6) is 0. The Bertz CT molecular complexity index is 403. The molecule has 2 atom stereocenters. The Morgan fingerprint density at radius 2 is 2.21 bits per heavy atom. The van der Waals surface area contributed by atoms with E-state index in [0.29, 0.717) is 0 Å². The molecule has 0 aliphatic carbocycles. The predicted octanol–water partition coefficient (Wildman–Crippen LogP) is 1.82. The van der Waals surface area contributed by atoms with Crippen LogP contribution in [-0.4, -0.2) is 47.8 Å². The molecule has 2 unspecified atom stereocenters. The van der Waals surface area contributed by atoms with E-state index in [9.17, 15) is 0 Å². The number of thiazole rings is 1. The van der Waals surface area contributed by atoms with Crippen molar-refractivity contribution in [3.8, 4) is 0 Å². The van der Waals surface area contributed by atoms with Gasteiger partial charge < -0.3 is 10.5 Å². The van der Waals surface area contributed by atoms with E-state index in [1.165, 1.54) is 0 Å². The molecule has 1 saturated heterocycles. The third-order valence-electron chi connectivity index (χ3n) is 4.31. The molecular weight excluding hydrogens is 258 g/mol. The first-order valence-corrected chi connectivity index (χ1v) is 7.93. The van der Waals surface area contributed by atoms with Crippen LogP contribution >= 0.6 is 11.3 Å². The maximum atomic E-state index is 6.52. The molecule has 0 amide bonds. The first-order chi connectivity index (χ1) is 9.06. The van der Waals surface area contributed by atoms with Crippen LogP contribution in [0, 0.1) is 6.92 Å². The Morgan fingerprint density at radius 1 is 1.53 bits per heavy atom. The minimum atomic E-state index is 0.0311. The van der Waals surface area contributed by atoms with E-state index in [2.05, 4.69) is 29.1 Å². The molecule has 108 valence electrons. The molecular formula is C14H25N3OS. The molecule has 0 bridgehead atoms. The van der Waals surface area contributed by atoms with E-state index in [-0.39, 0.29) is 11.6 Å². The minimum Gasteiger partial charge on any atom is -0.379 e. The summed E-state index contributed by atoms with van der Waals surface area (Å²) in [7, 11) is 0. The summed E-state index contributed by atoms with van der Waals surface area (Å²) in [5.41, 5.74) is 7.64. The highest BCUT2D eigenvalue weighted by Crippen LogP contribution is 2.26. The number of aryl methyl sites for hydroxylation is 1. The van der Waals surface area contributed by atoms with Crippen LogP contribution in [0.1, 0.15) is 31.0 Å². The Morgan fingerprint density at radius 3 is 2.74 bits per heavy atom. The Balaban J connectivity index is 2.06. The predicted molar refractivity (Wildman–Crippen MR) is 79.6 cm³/mol. The van der Waals surface area contributed by atoms with Gasteiger partial charge in [-0.3, -0.25) is 4.90 Å². The highest BCUT2D eigenvalue weighted by atomic mass is 32.1. The zero-order valence-electron chi connectivity index (χ0n) is 12.2. The van der Waals surface area contributed by atoms with Crippen LogP contribution in [0.5, 0.6) is 0 Å². The number of hydrogen-bond acceptors (Lipinski definition) is 5. The smallest absolute Gasteiger partial charge is 0.0944 e. The van der Waals surface area contributed by atoms with Crippen LogP contribution in [-0.2, 0) is 11.2 Å². The lowest BCUT2D eigenvalue weighted by Crippen LogP contribution is -2.61. The normalized spacial score (nSPS) is 22.1. The number of morpholine rings is 1. The molecule has 1 aliphatic heterocycles. The van der Waals surface area contributed by atoms with E-state index >= 15 is 0 Å². The van der Waals surface area contributed by atoms with Gasteiger partial charge in [0.1, 0.15) is 0 Å². The molecule has 2 rings (SSSR count). The summed E-state index contributed by atoms with van der Waals surface area (Å²) in [6.07, 6.45) is 1.92. The van der Waals surface area contributed by atoms with Crippen molar-refractivity contribution in [2.75, 3.05) is 26.3 Å². The van der Waals surface area contributed by atoms with Gasteiger partial charge in [0.15, 0.2) is 0 Å². The van der Waals surface area contributed by atoms with Crippen molar-refractivity contribution in [3.05, 3.63) is 16.1 Å². The Kier molecular flexibility index (Phi) is 4.95. The lowest BCUT2D eigenvalue weighted by atomic mass is 9.85. The summed E-state index contributed by atoms with van der Waals surface area (Å²) >= 11 is 1.72. The van der Waals surface area contributed by atoms with Crippen molar-refractivity contribution in [3.63, 3.8) is 0 Å². The number of hydrogen-bond donors (Lipinski definition) is 1. The first kappa shape index (κ1) is 14.9. The maximum Gasteiger partial charge on any atom is 0.0944 e. The van der Waals surface area contributed by atoms with Gasteiger partial charge in [-0.05, 0) is 20.3 Å². The van der Waals surface area contributed by atoms with Gasteiger partial charge in [-0.15, -0.1) is 11.3 Å². The molecule has 0 spiro atoms. The van der Waals surface area contributed by atoms with E-state index in [1.54, 1.807) is 11.3 Å². The van der Waals surface area contributed by atoms with Gasteiger partial charge in [0.25, 0.3) is 0 Å². The second kappa shape index (κ2) is 6.31. The lowest BCUT2D eigenvalue weighted by Gasteiger charge is -2.46. The average Bonchev–Trinajstić information content (AvgIpc) is 2.84. The topological polar surface area (TPSA) is 51.4 Å². The van der Waals surface area contributed by atoms with Crippen LogP contribution in [0.25, 0.3) is 0 Å². The van der Waals surface area contributed by atoms with E-state index in [4.69, 9.17) is 10.5 Å². The first-order valence-electron chi connectivity index (χ1n) is 7.05. The molecule has 0 saturated carbocycles. The van der Waals surface area contributed by atoms with E-state index < -0.39 is 0 Å². The van der Waals surface area contributed by atoms with Crippen LogP contribution < -0.4 is 5.73 Å². The van der Waals surface area contributed by atoms with Crippen molar-refractivity contribution >= 4 is 11.3 Å². The second-order valence-corrected chi connectivity index (χ2v) is 6.45. The largest absolute Gasteiger partial charge is 0.379 e. The maximum absolute atomic E-state index is 6.52. The minimum absolute atomic E-state index is 0.0311. The fourth-order valence-corrected chi connectivity index (χ4v) is 3.53. The van der Waals surface area contributed by atoms with Crippen LogP contribution in [0.4, 0.5) is 0 Å². The summed E-state index contributed by atoms with van der Waals surface area (Å²) < 4.78 is 5.45. The van der Waals surface area contributed by atoms with Crippen molar-refractivity contribution in [1.82, 2.24) is 9.88 Å². The lowest BCUT2D eigenvalue weighted by molar-refractivity contribution is -0.0272. The summed E-state index contributed by atoms with van der Waals surface area (Å²) in [5, 5.41) is 3.25. The third-order valence-corrected chi connectivity index (χ3v) is 5.30. The fourth-order valence-electron chi connectivity index (χ4n) is 2.70. The van der Waals surface area contributed by atoms with Crippen LogP contribution in [0.3, 0.4) is 0 Å². The summed E-state index contributed by atoms with van der Waals surface area (Å²) in [6.45, 7) is 10.1. The van der Waals surface area contributed by atoms with Crippen molar-refractivity contribution < 1.29 is 4.74 Å². The Labute approximate surface area is 120 Å². The highest BCUT2D eigenvalue weighted by Gasteiger charge is 2.37. The second-order valence-electron chi connectivity index (χ2n) is 5.50. The van der Waals surface area contributed by atoms with Crippen molar-refractivity contribution in [2.45, 2.75) is 45.2 Å². The molecule has 1 aromatic heterocycles. The van der Waals surface area contributed by atoms with E-state index in [0.717, 1.165) is 49.8 Å². The number of rotatable bonds is 5. The van der Waals surface area contributed by atoms with Crippen molar-refractivity contribution in [2.24, 2.45) is 5.73 Å². The zero-order chi connectivity index (χ0) is 13.9. The highest BCUT2D eigenvalue weighted by molar-refractivity contribution is 7.09. The molecule has 1 fully saturated rings. The zero-order valence-corrected chi connectivity index (χ0v) is 13.0. The monoisotopic (exact) mass is 283 g/mol. The Hall–Kier alpha value is -0.490. The van der Waals surface area contributed by atoms with Gasteiger partial charge in [-0.1, -0.05) is 6.92 Å². The van der Waals surface area contributed by atoms with E-state index in [1.807, 2.05) is 6.92 Å². The molecule has 0 radical (unpaired) electrons. The van der Waals surface area contributed by atoms with Gasteiger partial charge in [0.2, 0.25) is 0 Å². The van der Waals surface area contributed by atoms with Gasteiger partial charge in [-0.2, -0.15) is 0 Å². The number of nitrogens with zero attached hydrogens (tertiary/aromatic N) is 2. The molecule has 0 aromatic carbocycles. The fraction of sp³-hybridized carbons (Fsp3) is 0.786. The standard InChI is InChI=1S/C14H25N3OS/c1-4-14(3,17-5-7-18-8-6-17)12(15)9-13-16-11(2)10-19-13/h10,12H,4-9,15H2,1-3H3. The number of nitrogens with two attached hydrogens (primary N) is 1. The van der Waals surface area contributed by atoms with Crippen molar-refractivity contribution in [1.29, 1.82) is 0 Å². The van der Waals surface area contributed by atoms with Gasteiger partial charge >= 0.3 is 0 Å². The number of aromatic nitrogens is 1. The summed E-state index contributed by atoms with van der Waals surface area (Å²) in [6, 6.07) is 0.112. The van der Waals surface area contributed by atoms with Gasteiger partial charge in [-0.25, -0.2) is 4.98 Å².